The Labute approximate surface area is 114 Å². The molecule has 0 saturated carbocycles. The van der Waals surface area contributed by atoms with Gasteiger partial charge in [0.2, 0.25) is 0 Å². The fraction of sp³-hybridized carbons (Fsp3) is 0.583. The Kier molecular flexibility index (Phi) is 4.59. The molecule has 2 rings (SSSR count). The van der Waals surface area contributed by atoms with Crippen LogP contribution in [0.2, 0.25) is 0 Å². The molecule has 17 heavy (non-hydrogen) atoms. The van der Waals surface area contributed by atoms with Gasteiger partial charge in [-0.2, -0.15) is 0 Å². The Morgan fingerprint density at radius 2 is 2.47 bits per heavy atom. The van der Waals surface area contributed by atoms with Crippen molar-refractivity contribution in [3.63, 3.8) is 0 Å². The molecule has 0 aromatic carbocycles. The number of nitrogens with zero attached hydrogens (tertiary/aromatic N) is 1. The second-order valence-corrected chi connectivity index (χ2v) is 6.54. The molecule has 1 fully saturated rings. The number of piperidine rings is 1. The number of rotatable bonds is 3. The molecular weight excluding hydrogens is 302 g/mol. The molecule has 0 spiro atoms. The number of thiophene rings is 1. The zero-order valence-electron chi connectivity index (χ0n) is 9.82. The lowest BCUT2D eigenvalue weighted by Gasteiger charge is -2.32. The van der Waals surface area contributed by atoms with Crippen LogP contribution in [0.3, 0.4) is 0 Å². The van der Waals surface area contributed by atoms with Gasteiger partial charge in [0.25, 0.3) is 5.91 Å². The first kappa shape index (κ1) is 13.1. The van der Waals surface area contributed by atoms with Gasteiger partial charge < -0.3 is 9.64 Å². The van der Waals surface area contributed by atoms with Crippen molar-refractivity contribution in [2.24, 2.45) is 0 Å². The Morgan fingerprint density at radius 3 is 3.12 bits per heavy atom. The summed E-state index contributed by atoms with van der Waals surface area (Å²) in [5, 5.41) is 0. The zero-order chi connectivity index (χ0) is 12.3. The van der Waals surface area contributed by atoms with Crippen LogP contribution in [0.4, 0.5) is 0 Å². The summed E-state index contributed by atoms with van der Waals surface area (Å²) in [4.78, 5) is 14.9. The molecule has 1 unspecified atom stereocenters. The lowest BCUT2D eigenvalue weighted by molar-refractivity contribution is 0.00742. The number of ether oxygens (including phenoxy) is 1. The molecule has 0 radical (unpaired) electrons. The maximum absolute atomic E-state index is 12.2. The van der Waals surface area contributed by atoms with E-state index in [2.05, 4.69) is 15.9 Å². The summed E-state index contributed by atoms with van der Waals surface area (Å²) >= 11 is 4.87. The second kappa shape index (κ2) is 5.98. The van der Waals surface area contributed by atoms with Crippen molar-refractivity contribution in [3.05, 3.63) is 20.8 Å². The molecule has 0 N–H and O–H groups in total. The van der Waals surface area contributed by atoms with Crippen LogP contribution >= 0.6 is 27.3 Å². The van der Waals surface area contributed by atoms with E-state index >= 15 is 0 Å². The fourth-order valence-corrected chi connectivity index (χ4v) is 3.43. The average molecular weight is 318 g/mol. The van der Waals surface area contributed by atoms with Gasteiger partial charge in [-0.3, -0.25) is 4.79 Å². The van der Waals surface area contributed by atoms with Gasteiger partial charge in [0.1, 0.15) is 0 Å². The van der Waals surface area contributed by atoms with Crippen LogP contribution in [0.25, 0.3) is 0 Å². The molecule has 1 aromatic heterocycles. The van der Waals surface area contributed by atoms with Gasteiger partial charge in [0.05, 0.1) is 14.8 Å². The second-order valence-electron chi connectivity index (χ2n) is 4.07. The SMILES string of the molecule is CCOC1CCCN(C(=O)c2ccc(Br)s2)C1. The standard InChI is InChI=1S/C12H16BrNO2S/c1-2-16-9-4-3-7-14(8-9)12(15)10-5-6-11(13)17-10/h5-6,9H,2-4,7-8H2,1H3. The number of hydrogen-bond acceptors (Lipinski definition) is 3. The van der Waals surface area contributed by atoms with E-state index in [0.717, 1.165) is 41.2 Å². The van der Waals surface area contributed by atoms with Crippen molar-refractivity contribution in [2.45, 2.75) is 25.9 Å². The summed E-state index contributed by atoms with van der Waals surface area (Å²) in [6, 6.07) is 3.79. The predicted octanol–water partition coefficient (Wildman–Crippen LogP) is 3.15. The summed E-state index contributed by atoms with van der Waals surface area (Å²) in [6.07, 6.45) is 2.30. The van der Waals surface area contributed by atoms with Gasteiger partial charge in [-0.15, -0.1) is 11.3 Å². The van der Waals surface area contributed by atoms with E-state index in [9.17, 15) is 4.79 Å². The topological polar surface area (TPSA) is 29.5 Å². The molecule has 2 heterocycles. The molecule has 1 saturated heterocycles. The van der Waals surface area contributed by atoms with E-state index in [1.54, 1.807) is 0 Å². The summed E-state index contributed by atoms with van der Waals surface area (Å²) in [5.74, 6) is 0.130. The highest BCUT2D eigenvalue weighted by Gasteiger charge is 2.25. The molecule has 1 aliphatic rings. The van der Waals surface area contributed by atoms with Crippen LogP contribution in [-0.4, -0.2) is 36.6 Å². The van der Waals surface area contributed by atoms with Crippen LogP contribution in [0.5, 0.6) is 0 Å². The highest BCUT2D eigenvalue weighted by molar-refractivity contribution is 9.11. The van der Waals surface area contributed by atoms with E-state index in [1.165, 1.54) is 11.3 Å². The largest absolute Gasteiger partial charge is 0.377 e. The van der Waals surface area contributed by atoms with Crippen LogP contribution in [0, 0.1) is 0 Å². The van der Waals surface area contributed by atoms with Gasteiger partial charge in [0.15, 0.2) is 0 Å². The first-order chi connectivity index (χ1) is 8.20. The fourth-order valence-electron chi connectivity index (χ4n) is 2.08. The van der Waals surface area contributed by atoms with Crippen LogP contribution in [0.1, 0.15) is 29.4 Å². The van der Waals surface area contributed by atoms with E-state index in [-0.39, 0.29) is 12.0 Å². The van der Waals surface area contributed by atoms with E-state index in [0.29, 0.717) is 0 Å². The number of halogens is 1. The maximum atomic E-state index is 12.2. The summed E-state index contributed by atoms with van der Waals surface area (Å²) in [5.41, 5.74) is 0. The predicted molar refractivity (Wildman–Crippen MR) is 72.6 cm³/mol. The summed E-state index contributed by atoms with van der Waals surface area (Å²) < 4.78 is 6.60. The smallest absolute Gasteiger partial charge is 0.264 e. The third-order valence-corrected chi connectivity index (χ3v) is 4.46. The minimum atomic E-state index is 0.130. The van der Waals surface area contributed by atoms with Crippen molar-refractivity contribution in [1.82, 2.24) is 4.90 Å². The van der Waals surface area contributed by atoms with Crippen molar-refractivity contribution < 1.29 is 9.53 Å². The molecule has 5 heteroatoms. The number of hydrogen-bond donors (Lipinski definition) is 0. The van der Waals surface area contributed by atoms with Crippen LogP contribution in [0.15, 0.2) is 15.9 Å². The first-order valence-corrected chi connectivity index (χ1v) is 7.48. The molecule has 1 aliphatic heterocycles. The average Bonchev–Trinajstić information content (AvgIpc) is 2.76. The lowest BCUT2D eigenvalue weighted by atomic mass is 10.1. The normalized spacial score (nSPS) is 20.6. The number of likely N-dealkylation sites (tertiary alicyclic amines) is 1. The highest BCUT2D eigenvalue weighted by atomic mass is 79.9. The van der Waals surface area contributed by atoms with Gasteiger partial charge in [-0.05, 0) is 47.8 Å². The van der Waals surface area contributed by atoms with Gasteiger partial charge in [0, 0.05) is 19.7 Å². The number of carbonyl (C=O) groups is 1. The number of carbonyl (C=O) groups excluding carboxylic acids is 1. The maximum Gasteiger partial charge on any atom is 0.264 e. The highest BCUT2D eigenvalue weighted by Crippen LogP contribution is 2.24. The molecule has 0 aliphatic carbocycles. The Hall–Kier alpha value is -0.390. The van der Waals surface area contributed by atoms with Crippen molar-refractivity contribution in [2.75, 3.05) is 19.7 Å². The van der Waals surface area contributed by atoms with E-state index < -0.39 is 0 Å². The number of amides is 1. The van der Waals surface area contributed by atoms with Gasteiger partial charge >= 0.3 is 0 Å². The minimum Gasteiger partial charge on any atom is -0.377 e. The van der Waals surface area contributed by atoms with Gasteiger partial charge in [-0.25, -0.2) is 0 Å². The molecule has 1 atom stereocenters. The monoisotopic (exact) mass is 317 g/mol. The molecule has 1 amide bonds. The van der Waals surface area contributed by atoms with Crippen LogP contribution in [-0.2, 0) is 4.74 Å². The molecule has 0 bridgehead atoms. The lowest BCUT2D eigenvalue weighted by Crippen LogP contribution is -2.43. The quantitative estimate of drug-likeness (QED) is 0.857. The third kappa shape index (κ3) is 3.30. The van der Waals surface area contributed by atoms with Gasteiger partial charge in [-0.1, -0.05) is 0 Å². The minimum absolute atomic E-state index is 0.130. The Bertz CT molecular complexity index is 392. The molecule has 94 valence electrons. The van der Waals surface area contributed by atoms with Crippen molar-refractivity contribution >= 4 is 33.2 Å². The third-order valence-electron chi connectivity index (χ3n) is 2.85. The van der Waals surface area contributed by atoms with Crippen molar-refractivity contribution in [1.29, 1.82) is 0 Å². The molecular formula is C12H16BrNO2S. The van der Waals surface area contributed by atoms with E-state index in [1.807, 2.05) is 24.0 Å². The molecule has 1 aromatic rings. The zero-order valence-corrected chi connectivity index (χ0v) is 12.2. The molecule has 3 nitrogen and oxygen atoms in total. The first-order valence-electron chi connectivity index (χ1n) is 5.87. The Morgan fingerprint density at radius 1 is 1.65 bits per heavy atom. The van der Waals surface area contributed by atoms with E-state index in [4.69, 9.17) is 4.74 Å². The summed E-state index contributed by atoms with van der Waals surface area (Å²) in [6.45, 7) is 4.29. The van der Waals surface area contributed by atoms with Crippen LogP contribution < -0.4 is 0 Å². The van der Waals surface area contributed by atoms with Crippen molar-refractivity contribution in [3.8, 4) is 0 Å². The Balaban J connectivity index is 1.99. The summed E-state index contributed by atoms with van der Waals surface area (Å²) in [7, 11) is 0.